The van der Waals surface area contributed by atoms with E-state index in [-0.39, 0.29) is 5.91 Å². The summed E-state index contributed by atoms with van der Waals surface area (Å²) >= 11 is 6.25. The lowest BCUT2D eigenvalue weighted by Crippen LogP contribution is -2.20. The molecule has 0 saturated heterocycles. The summed E-state index contributed by atoms with van der Waals surface area (Å²) < 4.78 is 12.8. The minimum absolute atomic E-state index is 0.224. The number of carbonyl (C=O) groups is 1. The van der Waals surface area contributed by atoms with Crippen molar-refractivity contribution >= 4 is 29.2 Å². The smallest absolute Gasteiger partial charge is 0.244 e. The van der Waals surface area contributed by atoms with E-state index in [1.54, 1.807) is 25.3 Å². The number of fused-ring (bicyclic) bond motifs is 1. The standard InChI is InChI=1S/C21H22ClN3O3/c1-4-28-20-17(22)10-15(11-18(20)27-3)7-8-19(26)23-12-16-13-25-9-5-6-14(2)21(25)24-16/h5-11,13H,4,12H2,1-3H3,(H,23,26). The van der Waals surface area contributed by atoms with Crippen LogP contribution in [0.25, 0.3) is 11.7 Å². The number of aryl methyl sites for hydroxylation is 1. The molecule has 2 aromatic heterocycles. The minimum Gasteiger partial charge on any atom is -0.493 e. The van der Waals surface area contributed by atoms with Gasteiger partial charge in [-0.1, -0.05) is 17.7 Å². The van der Waals surface area contributed by atoms with E-state index in [1.165, 1.54) is 6.08 Å². The van der Waals surface area contributed by atoms with Crippen LogP contribution in [0, 0.1) is 6.92 Å². The molecule has 1 amide bonds. The first kappa shape index (κ1) is 19.8. The monoisotopic (exact) mass is 399 g/mol. The summed E-state index contributed by atoms with van der Waals surface area (Å²) in [5.74, 6) is 0.794. The zero-order valence-electron chi connectivity index (χ0n) is 16.0. The van der Waals surface area contributed by atoms with Gasteiger partial charge in [0.15, 0.2) is 11.5 Å². The molecule has 0 fully saturated rings. The van der Waals surface area contributed by atoms with Crippen LogP contribution in [-0.4, -0.2) is 29.0 Å². The Balaban J connectivity index is 1.66. The van der Waals surface area contributed by atoms with Crippen LogP contribution in [0.4, 0.5) is 0 Å². The summed E-state index contributed by atoms with van der Waals surface area (Å²) in [4.78, 5) is 16.7. The Labute approximate surface area is 168 Å². The molecule has 7 heteroatoms. The Bertz CT molecular complexity index is 1030. The first-order chi connectivity index (χ1) is 13.5. The number of hydrogen-bond acceptors (Lipinski definition) is 4. The van der Waals surface area contributed by atoms with Crippen LogP contribution in [0.5, 0.6) is 11.5 Å². The fraction of sp³-hybridized carbons (Fsp3) is 0.238. The van der Waals surface area contributed by atoms with Crippen LogP contribution < -0.4 is 14.8 Å². The Kier molecular flexibility index (Phi) is 6.21. The minimum atomic E-state index is -0.224. The number of halogens is 1. The van der Waals surface area contributed by atoms with Gasteiger partial charge in [0, 0.05) is 18.5 Å². The molecule has 0 unspecified atom stereocenters. The van der Waals surface area contributed by atoms with Crippen LogP contribution >= 0.6 is 11.6 Å². The van der Waals surface area contributed by atoms with Gasteiger partial charge in [-0.15, -0.1) is 0 Å². The van der Waals surface area contributed by atoms with Crippen molar-refractivity contribution in [1.82, 2.24) is 14.7 Å². The Hall–Kier alpha value is -2.99. The highest BCUT2D eigenvalue weighted by atomic mass is 35.5. The number of pyridine rings is 1. The summed E-state index contributed by atoms with van der Waals surface area (Å²) in [5.41, 5.74) is 3.50. The molecule has 3 rings (SSSR count). The molecule has 0 spiro atoms. The van der Waals surface area contributed by atoms with Crippen molar-refractivity contribution in [2.75, 3.05) is 13.7 Å². The Morgan fingerprint density at radius 1 is 1.39 bits per heavy atom. The summed E-state index contributed by atoms with van der Waals surface area (Å²) in [6, 6.07) is 7.46. The van der Waals surface area contributed by atoms with Gasteiger partial charge in [0.05, 0.1) is 31.0 Å². The van der Waals surface area contributed by atoms with Gasteiger partial charge in [-0.25, -0.2) is 4.98 Å². The van der Waals surface area contributed by atoms with E-state index in [9.17, 15) is 4.79 Å². The summed E-state index contributed by atoms with van der Waals surface area (Å²) in [5, 5.41) is 3.27. The van der Waals surface area contributed by atoms with E-state index >= 15 is 0 Å². The molecule has 3 aromatic rings. The zero-order valence-corrected chi connectivity index (χ0v) is 16.8. The molecule has 0 aliphatic carbocycles. The number of nitrogens with zero attached hydrogens (tertiary/aromatic N) is 2. The Morgan fingerprint density at radius 2 is 2.21 bits per heavy atom. The quantitative estimate of drug-likeness (QED) is 0.609. The zero-order chi connectivity index (χ0) is 20.1. The van der Waals surface area contributed by atoms with E-state index < -0.39 is 0 Å². The second kappa shape index (κ2) is 8.80. The molecule has 0 atom stereocenters. The number of benzene rings is 1. The number of methoxy groups -OCH3 is 1. The second-order valence-corrected chi connectivity index (χ2v) is 6.58. The maximum atomic E-state index is 12.2. The number of carbonyl (C=O) groups excluding carboxylic acids is 1. The SMILES string of the molecule is CCOc1c(Cl)cc(C=CC(=O)NCc2cn3cccc(C)c3n2)cc1OC. The van der Waals surface area contributed by atoms with Crippen molar-refractivity contribution < 1.29 is 14.3 Å². The number of aromatic nitrogens is 2. The van der Waals surface area contributed by atoms with E-state index in [1.807, 2.05) is 42.8 Å². The first-order valence-corrected chi connectivity index (χ1v) is 9.29. The van der Waals surface area contributed by atoms with E-state index in [4.69, 9.17) is 21.1 Å². The maximum absolute atomic E-state index is 12.2. The maximum Gasteiger partial charge on any atom is 0.244 e. The molecule has 6 nitrogen and oxygen atoms in total. The normalized spacial score (nSPS) is 11.1. The lowest BCUT2D eigenvalue weighted by Gasteiger charge is -2.11. The molecule has 1 aromatic carbocycles. The third-order valence-corrected chi connectivity index (χ3v) is 4.42. The molecule has 28 heavy (non-hydrogen) atoms. The van der Waals surface area contributed by atoms with Gasteiger partial charge in [-0.2, -0.15) is 0 Å². The molecule has 0 radical (unpaired) electrons. The van der Waals surface area contributed by atoms with Crippen LogP contribution in [0.15, 0.2) is 42.7 Å². The highest BCUT2D eigenvalue weighted by Gasteiger charge is 2.11. The van der Waals surface area contributed by atoms with Gasteiger partial charge in [0.1, 0.15) is 5.65 Å². The van der Waals surface area contributed by atoms with E-state index in [0.29, 0.717) is 29.7 Å². The average Bonchev–Trinajstić information content (AvgIpc) is 3.11. The molecule has 0 aliphatic heterocycles. The van der Waals surface area contributed by atoms with Crippen molar-refractivity contribution in [2.45, 2.75) is 20.4 Å². The number of rotatable bonds is 7. The largest absolute Gasteiger partial charge is 0.493 e. The van der Waals surface area contributed by atoms with Gasteiger partial charge in [-0.05, 0) is 49.2 Å². The molecule has 146 valence electrons. The van der Waals surface area contributed by atoms with Gasteiger partial charge in [0.2, 0.25) is 5.91 Å². The highest BCUT2D eigenvalue weighted by Crippen LogP contribution is 2.36. The third-order valence-electron chi connectivity index (χ3n) is 4.14. The molecular weight excluding hydrogens is 378 g/mol. The molecule has 0 saturated carbocycles. The van der Waals surface area contributed by atoms with E-state index in [0.717, 1.165) is 22.5 Å². The summed E-state index contributed by atoms with van der Waals surface area (Å²) in [7, 11) is 1.55. The molecule has 1 N–H and O–H groups in total. The average molecular weight is 400 g/mol. The molecule has 0 aliphatic rings. The number of nitrogens with one attached hydrogen (secondary N) is 1. The second-order valence-electron chi connectivity index (χ2n) is 6.17. The lowest BCUT2D eigenvalue weighted by molar-refractivity contribution is -0.116. The first-order valence-electron chi connectivity index (χ1n) is 8.91. The molecule has 0 bridgehead atoms. The van der Waals surface area contributed by atoms with Gasteiger partial charge in [-0.3, -0.25) is 4.79 Å². The third kappa shape index (κ3) is 4.46. The number of amides is 1. The number of ether oxygens (including phenoxy) is 2. The molecule has 2 heterocycles. The van der Waals surface area contributed by atoms with Gasteiger partial charge in [0.25, 0.3) is 0 Å². The van der Waals surface area contributed by atoms with Crippen molar-refractivity contribution in [2.24, 2.45) is 0 Å². The van der Waals surface area contributed by atoms with Crippen molar-refractivity contribution in [3.8, 4) is 11.5 Å². The fourth-order valence-corrected chi connectivity index (χ4v) is 3.09. The lowest BCUT2D eigenvalue weighted by atomic mass is 10.2. The van der Waals surface area contributed by atoms with Gasteiger partial charge >= 0.3 is 0 Å². The topological polar surface area (TPSA) is 64.9 Å². The predicted octanol–water partition coefficient (Wildman–Crippen LogP) is 4.03. The Morgan fingerprint density at radius 3 is 2.93 bits per heavy atom. The fourth-order valence-electron chi connectivity index (χ4n) is 2.82. The summed E-state index contributed by atoms with van der Waals surface area (Å²) in [6.45, 7) is 4.70. The van der Waals surface area contributed by atoms with E-state index in [2.05, 4.69) is 10.3 Å². The summed E-state index contributed by atoms with van der Waals surface area (Å²) in [6.07, 6.45) is 6.97. The number of imidazole rings is 1. The highest BCUT2D eigenvalue weighted by molar-refractivity contribution is 6.32. The molecular formula is C21H22ClN3O3. The van der Waals surface area contributed by atoms with Crippen molar-refractivity contribution in [3.63, 3.8) is 0 Å². The number of hydrogen-bond donors (Lipinski definition) is 1. The van der Waals surface area contributed by atoms with Crippen LogP contribution in [0.1, 0.15) is 23.7 Å². The van der Waals surface area contributed by atoms with Gasteiger partial charge < -0.3 is 19.2 Å². The van der Waals surface area contributed by atoms with Crippen LogP contribution in [-0.2, 0) is 11.3 Å². The van der Waals surface area contributed by atoms with Crippen LogP contribution in [0.2, 0.25) is 5.02 Å². The predicted molar refractivity (Wildman–Crippen MR) is 110 cm³/mol. The van der Waals surface area contributed by atoms with Crippen molar-refractivity contribution in [3.05, 3.63) is 64.6 Å². The van der Waals surface area contributed by atoms with Crippen LogP contribution in [0.3, 0.4) is 0 Å². The van der Waals surface area contributed by atoms with Crippen molar-refractivity contribution in [1.29, 1.82) is 0 Å².